The third-order valence-electron chi connectivity index (χ3n) is 4.30. The minimum atomic E-state index is -1.54. The van der Waals surface area contributed by atoms with Crippen LogP contribution >= 0.6 is 0 Å². The number of nitrogens with one attached hydrogen (secondary N) is 2. The van der Waals surface area contributed by atoms with Gasteiger partial charge in [0.1, 0.15) is 12.7 Å². The van der Waals surface area contributed by atoms with Gasteiger partial charge in [0.05, 0.1) is 29.2 Å². The van der Waals surface area contributed by atoms with Gasteiger partial charge >= 0.3 is 12.1 Å². The Labute approximate surface area is 190 Å². The van der Waals surface area contributed by atoms with Gasteiger partial charge < -0.3 is 20.5 Å². The number of amides is 2. The number of carbonyl (C=O) groups excluding carboxylic acids is 3. The molecule has 0 fully saturated rings. The van der Waals surface area contributed by atoms with E-state index in [1.165, 1.54) is 11.3 Å². The van der Waals surface area contributed by atoms with E-state index in [-0.39, 0.29) is 0 Å². The number of ketones is 1. The fraction of sp³-hybridized carbons (Fsp3) is 0.304. The molecular formula is C23H26FN3O6. The number of ether oxygens (including phenoxy) is 1. The predicted molar refractivity (Wildman–Crippen MR) is 121 cm³/mol. The maximum Gasteiger partial charge on any atom is 0.419 e. The summed E-state index contributed by atoms with van der Waals surface area (Å²) in [6, 6.07) is 12.5. The van der Waals surface area contributed by atoms with Gasteiger partial charge in [-0.2, -0.15) is 0 Å². The monoisotopic (exact) mass is 459 g/mol. The number of para-hydroxylation sites is 4. The summed E-state index contributed by atoms with van der Waals surface area (Å²) < 4.78 is 17.7. The van der Waals surface area contributed by atoms with Gasteiger partial charge in [-0.15, -0.1) is 0 Å². The topological polar surface area (TPSA) is 125 Å². The van der Waals surface area contributed by atoms with E-state index < -0.39 is 49.5 Å². The molecule has 1 unspecified atom stereocenters. The molecule has 0 aromatic heterocycles. The Morgan fingerprint density at radius 3 is 2.03 bits per heavy atom. The summed E-state index contributed by atoms with van der Waals surface area (Å²) in [6.07, 6.45) is -0.376. The Kier molecular flexibility index (Phi) is 9.34. The molecule has 2 aromatic carbocycles. The molecule has 9 nitrogen and oxygen atoms in total. The number of fused-ring (bicyclic) bond motifs is 2. The fourth-order valence-corrected chi connectivity index (χ4v) is 2.96. The lowest BCUT2D eigenvalue weighted by Crippen LogP contribution is -2.45. The molecule has 3 rings (SSSR count). The molecule has 0 saturated carbocycles. The highest BCUT2D eigenvalue weighted by Gasteiger charge is 2.29. The van der Waals surface area contributed by atoms with Crippen molar-refractivity contribution < 1.29 is 33.4 Å². The maximum atomic E-state index is 12.8. The van der Waals surface area contributed by atoms with Gasteiger partial charge in [-0.3, -0.25) is 14.4 Å². The Morgan fingerprint density at radius 2 is 1.55 bits per heavy atom. The van der Waals surface area contributed by atoms with E-state index in [4.69, 9.17) is 9.84 Å². The van der Waals surface area contributed by atoms with E-state index in [0.29, 0.717) is 22.7 Å². The summed E-state index contributed by atoms with van der Waals surface area (Å²) in [4.78, 5) is 48.4. The van der Waals surface area contributed by atoms with Crippen molar-refractivity contribution in [2.24, 2.45) is 0 Å². The number of alkyl halides is 1. The second-order valence-corrected chi connectivity index (χ2v) is 7.07. The van der Waals surface area contributed by atoms with Crippen LogP contribution in [0.3, 0.4) is 0 Å². The minimum Gasteiger partial charge on any atom is -0.481 e. The van der Waals surface area contributed by atoms with E-state index in [2.05, 4.69) is 24.5 Å². The molecule has 176 valence electrons. The maximum absolute atomic E-state index is 12.8. The Hall–Kier alpha value is -3.95. The van der Waals surface area contributed by atoms with E-state index in [9.17, 15) is 23.6 Å². The molecule has 0 spiro atoms. The average Bonchev–Trinajstić information content (AvgIpc) is 2.80. The highest BCUT2D eigenvalue weighted by atomic mass is 19.1. The molecule has 1 aliphatic heterocycles. The average molecular weight is 459 g/mol. The Morgan fingerprint density at radius 1 is 1.03 bits per heavy atom. The molecule has 0 aliphatic carbocycles. The highest BCUT2D eigenvalue weighted by Crippen LogP contribution is 2.43. The van der Waals surface area contributed by atoms with E-state index in [1.54, 1.807) is 48.5 Å². The molecule has 33 heavy (non-hydrogen) atoms. The molecule has 2 amide bonds. The van der Waals surface area contributed by atoms with Gasteiger partial charge in [-0.25, -0.2) is 14.1 Å². The fourth-order valence-electron chi connectivity index (χ4n) is 2.96. The summed E-state index contributed by atoms with van der Waals surface area (Å²) in [5.41, 5.74) is 2.34. The van der Waals surface area contributed by atoms with Crippen LogP contribution < -0.4 is 15.5 Å². The van der Waals surface area contributed by atoms with Crippen molar-refractivity contribution in [3.63, 3.8) is 0 Å². The molecule has 1 heterocycles. The number of carboxylic acids is 1. The van der Waals surface area contributed by atoms with Crippen LogP contribution in [-0.2, 0) is 19.1 Å². The van der Waals surface area contributed by atoms with E-state index >= 15 is 0 Å². The summed E-state index contributed by atoms with van der Waals surface area (Å²) in [5, 5.41) is 14.1. The number of aliphatic carboxylic acids is 1. The summed E-state index contributed by atoms with van der Waals surface area (Å²) in [7, 11) is 0. The second-order valence-electron chi connectivity index (χ2n) is 7.07. The van der Waals surface area contributed by atoms with Crippen molar-refractivity contribution in [2.45, 2.75) is 32.7 Å². The zero-order valence-electron chi connectivity index (χ0n) is 18.3. The van der Waals surface area contributed by atoms with Gasteiger partial charge in [0.15, 0.2) is 12.4 Å². The molecule has 10 heteroatoms. The predicted octanol–water partition coefficient (Wildman–Crippen LogP) is 3.93. The molecule has 0 radical (unpaired) electrons. The number of Topliss-reactive ketones (excluding diaryl/α,β-unsaturated/α-hetero) is 1. The van der Waals surface area contributed by atoms with Crippen molar-refractivity contribution >= 4 is 46.5 Å². The Bertz CT molecular complexity index is 968. The summed E-state index contributed by atoms with van der Waals surface area (Å²) in [6.45, 7) is 2.05. The summed E-state index contributed by atoms with van der Waals surface area (Å²) >= 11 is 0. The molecule has 0 bridgehead atoms. The lowest BCUT2D eigenvalue weighted by molar-refractivity contribution is -0.140. The molecule has 1 atom stereocenters. The second kappa shape index (κ2) is 12.2. The quantitative estimate of drug-likeness (QED) is 0.573. The summed E-state index contributed by atoms with van der Waals surface area (Å²) in [5.74, 6) is -3.39. The first-order valence-electron chi connectivity index (χ1n) is 10.3. The third-order valence-corrected chi connectivity index (χ3v) is 4.30. The number of halogens is 1. The van der Waals surface area contributed by atoms with Crippen molar-refractivity contribution in [3.8, 4) is 0 Å². The molecular weight excluding hydrogens is 433 g/mol. The largest absolute Gasteiger partial charge is 0.481 e. The lowest BCUT2D eigenvalue weighted by Gasteiger charge is -2.31. The van der Waals surface area contributed by atoms with Gasteiger partial charge in [-0.1, -0.05) is 44.5 Å². The first kappa shape index (κ1) is 25.3. The number of hydrogen-bond donors (Lipinski definition) is 3. The lowest BCUT2D eigenvalue weighted by atomic mass is 10.1. The zero-order valence-corrected chi connectivity index (χ0v) is 18.3. The van der Waals surface area contributed by atoms with Crippen molar-refractivity contribution in [2.75, 3.05) is 23.5 Å². The Balaban J connectivity index is 0.00000122. The normalized spacial score (nSPS) is 12.0. The van der Waals surface area contributed by atoms with Crippen LogP contribution in [0.5, 0.6) is 0 Å². The number of carbonyl (C=O) groups is 4. The number of nitrogens with zero attached hydrogens (tertiary/aromatic N) is 1. The van der Waals surface area contributed by atoms with E-state index in [1.807, 2.05) is 0 Å². The molecule has 1 aliphatic rings. The smallest absolute Gasteiger partial charge is 0.419 e. The van der Waals surface area contributed by atoms with Crippen LogP contribution in [0.15, 0.2) is 48.5 Å². The van der Waals surface area contributed by atoms with Crippen LogP contribution in [-0.4, -0.2) is 48.2 Å². The van der Waals surface area contributed by atoms with Gasteiger partial charge in [-0.05, 0) is 24.3 Å². The van der Waals surface area contributed by atoms with Gasteiger partial charge in [0.25, 0.3) is 5.91 Å². The van der Waals surface area contributed by atoms with Crippen molar-refractivity contribution in [3.05, 3.63) is 48.5 Å². The van der Waals surface area contributed by atoms with Crippen molar-refractivity contribution in [1.82, 2.24) is 5.32 Å². The standard InChI is InChI=1S/C20H18FN3O6.C3H8/c21-10-17(25)14(9-19(27)28)23-18(26)11-30-20(29)24-15-7-3-1-5-12(15)22-13-6-2-4-8-16(13)24;1-3-2/h1-8,14,22H,9-11H2,(H,23,26)(H,27,28);3H2,1-2H3. The number of benzene rings is 2. The van der Waals surface area contributed by atoms with Crippen LogP contribution in [0.2, 0.25) is 0 Å². The van der Waals surface area contributed by atoms with Crippen LogP contribution in [0, 0.1) is 0 Å². The van der Waals surface area contributed by atoms with Crippen LogP contribution in [0.25, 0.3) is 0 Å². The molecule has 0 saturated heterocycles. The van der Waals surface area contributed by atoms with Gasteiger partial charge in [0.2, 0.25) is 0 Å². The first-order chi connectivity index (χ1) is 15.8. The SMILES string of the molecule is CCC.O=C(O)CC(NC(=O)COC(=O)N1c2ccccc2Nc2ccccc21)C(=O)CF. The highest BCUT2D eigenvalue weighted by molar-refractivity contribution is 6.06. The molecule has 2 aromatic rings. The third kappa shape index (κ3) is 6.76. The van der Waals surface area contributed by atoms with Crippen molar-refractivity contribution in [1.29, 1.82) is 0 Å². The number of carboxylic acid groups (broad SMARTS) is 1. The number of anilines is 4. The molecule has 3 N–H and O–H groups in total. The number of rotatable bonds is 7. The van der Waals surface area contributed by atoms with Crippen LogP contribution in [0.4, 0.5) is 31.9 Å². The van der Waals surface area contributed by atoms with Gasteiger partial charge in [0, 0.05) is 0 Å². The number of hydrogen-bond acceptors (Lipinski definition) is 6. The minimum absolute atomic E-state index is 0.512. The van der Waals surface area contributed by atoms with E-state index in [0.717, 1.165) is 0 Å². The first-order valence-corrected chi connectivity index (χ1v) is 10.3. The van der Waals surface area contributed by atoms with Crippen LogP contribution in [0.1, 0.15) is 26.7 Å². The zero-order chi connectivity index (χ0) is 24.4.